The number of fused-ring (bicyclic) bond motifs is 1. The first kappa shape index (κ1) is 19.1. The summed E-state index contributed by atoms with van der Waals surface area (Å²) in [5.41, 5.74) is 2.30. The third kappa shape index (κ3) is 3.83. The molecule has 1 heterocycles. The molecule has 6 heteroatoms. The Morgan fingerprint density at radius 2 is 1.90 bits per heavy atom. The number of nitrogens with zero attached hydrogens (tertiary/aromatic N) is 1. The third-order valence-corrected chi connectivity index (χ3v) is 5.54. The Morgan fingerprint density at radius 3 is 2.66 bits per heavy atom. The summed E-state index contributed by atoms with van der Waals surface area (Å²) in [6.45, 7) is 0. The summed E-state index contributed by atoms with van der Waals surface area (Å²) in [5.74, 6) is 0.695. The number of methoxy groups -OCH3 is 1. The van der Waals surface area contributed by atoms with Gasteiger partial charge in [0.2, 0.25) is 5.91 Å². The maximum absolute atomic E-state index is 12.6. The Hall–Kier alpha value is -3.28. The molecular formula is C23H24N2O4. The summed E-state index contributed by atoms with van der Waals surface area (Å²) < 4.78 is 10.7. The molecule has 0 atom stereocenters. The van der Waals surface area contributed by atoms with Gasteiger partial charge < -0.3 is 19.4 Å². The van der Waals surface area contributed by atoms with E-state index in [1.165, 1.54) is 6.07 Å². The molecule has 0 radical (unpaired) electrons. The summed E-state index contributed by atoms with van der Waals surface area (Å²) in [6, 6.07) is 14.5. The number of hydrogen-bond donors (Lipinski definition) is 1. The van der Waals surface area contributed by atoms with Gasteiger partial charge in [-0.1, -0.05) is 25.0 Å². The fourth-order valence-electron chi connectivity index (χ4n) is 3.94. The van der Waals surface area contributed by atoms with E-state index in [9.17, 15) is 9.59 Å². The van der Waals surface area contributed by atoms with Gasteiger partial charge in [0.25, 0.3) is 0 Å². The molecule has 0 saturated heterocycles. The lowest BCUT2D eigenvalue weighted by Crippen LogP contribution is -2.21. The molecule has 0 bridgehead atoms. The van der Waals surface area contributed by atoms with Gasteiger partial charge >= 0.3 is 5.63 Å². The van der Waals surface area contributed by atoms with Crippen molar-refractivity contribution in [2.75, 3.05) is 24.4 Å². The van der Waals surface area contributed by atoms with E-state index in [-0.39, 0.29) is 11.8 Å². The summed E-state index contributed by atoms with van der Waals surface area (Å²) >= 11 is 0. The van der Waals surface area contributed by atoms with Crippen molar-refractivity contribution in [1.29, 1.82) is 0 Å². The zero-order valence-electron chi connectivity index (χ0n) is 16.6. The molecule has 3 aromatic rings. The van der Waals surface area contributed by atoms with Crippen molar-refractivity contribution in [3.63, 3.8) is 0 Å². The number of nitrogens with one attached hydrogen (secondary N) is 1. The Bertz CT molecular complexity index is 1100. The van der Waals surface area contributed by atoms with E-state index in [1.54, 1.807) is 13.2 Å². The van der Waals surface area contributed by atoms with Gasteiger partial charge in [-0.3, -0.25) is 4.79 Å². The van der Waals surface area contributed by atoms with Crippen molar-refractivity contribution in [2.24, 2.45) is 5.92 Å². The van der Waals surface area contributed by atoms with Crippen LogP contribution in [0.4, 0.5) is 17.1 Å². The minimum absolute atomic E-state index is 0.0337. The fourth-order valence-corrected chi connectivity index (χ4v) is 3.94. The van der Waals surface area contributed by atoms with Gasteiger partial charge in [-0.05, 0) is 43.2 Å². The molecule has 29 heavy (non-hydrogen) atoms. The van der Waals surface area contributed by atoms with Gasteiger partial charge in [0.15, 0.2) is 0 Å². The number of ether oxygens (including phenoxy) is 1. The number of anilines is 3. The molecule has 1 fully saturated rings. The van der Waals surface area contributed by atoms with Crippen molar-refractivity contribution in [3.8, 4) is 5.75 Å². The molecule has 1 aliphatic rings. The highest BCUT2D eigenvalue weighted by molar-refractivity contribution is 5.96. The maximum atomic E-state index is 12.6. The Labute approximate surface area is 169 Å². The molecule has 150 valence electrons. The Balaban J connectivity index is 1.70. The minimum Gasteiger partial charge on any atom is -0.495 e. The Morgan fingerprint density at radius 1 is 1.14 bits per heavy atom. The minimum atomic E-state index is -0.408. The number of benzene rings is 2. The molecule has 4 rings (SSSR count). The first-order valence-corrected chi connectivity index (χ1v) is 9.82. The second-order valence-electron chi connectivity index (χ2n) is 7.36. The summed E-state index contributed by atoms with van der Waals surface area (Å²) in [7, 11) is 3.46. The number of hydrogen-bond acceptors (Lipinski definition) is 5. The number of amides is 1. The molecule has 1 aliphatic carbocycles. The number of para-hydroxylation sites is 1. The fraction of sp³-hybridized carbons (Fsp3) is 0.304. The Kier molecular flexibility index (Phi) is 5.25. The monoisotopic (exact) mass is 392 g/mol. The lowest BCUT2D eigenvalue weighted by molar-refractivity contribution is -0.119. The van der Waals surface area contributed by atoms with E-state index >= 15 is 0 Å². The molecular weight excluding hydrogens is 368 g/mol. The molecule has 1 amide bonds. The molecule has 0 unspecified atom stereocenters. The SMILES string of the molecule is COc1ccc(N(C)c2cc(=O)oc3ccccc23)cc1NC(=O)C1CCCC1. The molecule has 0 spiro atoms. The van der Waals surface area contributed by atoms with Crippen LogP contribution >= 0.6 is 0 Å². The van der Waals surface area contributed by atoms with Crippen LogP contribution in [0.25, 0.3) is 11.0 Å². The second kappa shape index (κ2) is 7.99. The smallest absolute Gasteiger partial charge is 0.338 e. The third-order valence-electron chi connectivity index (χ3n) is 5.54. The van der Waals surface area contributed by atoms with Crippen molar-refractivity contribution < 1.29 is 13.9 Å². The van der Waals surface area contributed by atoms with Crippen molar-refractivity contribution >= 4 is 33.9 Å². The van der Waals surface area contributed by atoms with Crippen LogP contribution in [0, 0.1) is 5.92 Å². The van der Waals surface area contributed by atoms with Crippen LogP contribution in [0.3, 0.4) is 0 Å². The van der Waals surface area contributed by atoms with E-state index in [0.717, 1.165) is 42.4 Å². The van der Waals surface area contributed by atoms with Crippen LogP contribution < -0.4 is 20.6 Å². The van der Waals surface area contributed by atoms with Gasteiger partial charge in [-0.25, -0.2) is 4.79 Å². The van der Waals surface area contributed by atoms with Crippen LogP contribution in [-0.4, -0.2) is 20.1 Å². The van der Waals surface area contributed by atoms with Crippen LogP contribution in [0.1, 0.15) is 25.7 Å². The van der Waals surface area contributed by atoms with Crippen LogP contribution in [0.2, 0.25) is 0 Å². The molecule has 0 aliphatic heterocycles. The lowest BCUT2D eigenvalue weighted by Gasteiger charge is -2.22. The molecule has 1 N–H and O–H groups in total. The lowest BCUT2D eigenvalue weighted by atomic mass is 10.1. The topological polar surface area (TPSA) is 71.8 Å². The van der Waals surface area contributed by atoms with Crippen molar-refractivity contribution in [2.45, 2.75) is 25.7 Å². The zero-order chi connectivity index (χ0) is 20.4. The molecule has 1 saturated carbocycles. The zero-order valence-corrected chi connectivity index (χ0v) is 16.6. The predicted octanol–water partition coefficient (Wildman–Crippen LogP) is 4.70. The highest BCUT2D eigenvalue weighted by atomic mass is 16.5. The number of rotatable bonds is 5. The van der Waals surface area contributed by atoms with Gasteiger partial charge in [0.05, 0.1) is 18.5 Å². The van der Waals surface area contributed by atoms with E-state index in [4.69, 9.17) is 9.15 Å². The van der Waals surface area contributed by atoms with Gasteiger partial charge in [0.1, 0.15) is 11.3 Å². The predicted molar refractivity (Wildman–Crippen MR) is 114 cm³/mol. The normalized spacial score (nSPS) is 14.1. The number of carbonyl (C=O) groups excluding carboxylic acids is 1. The van der Waals surface area contributed by atoms with E-state index in [0.29, 0.717) is 17.0 Å². The van der Waals surface area contributed by atoms with Crippen LogP contribution in [-0.2, 0) is 4.79 Å². The highest BCUT2D eigenvalue weighted by Gasteiger charge is 2.24. The molecule has 1 aromatic heterocycles. The maximum Gasteiger partial charge on any atom is 0.338 e. The average molecular weight is 392 g/mol. The average Bonchev–Trinajstić information content (AvgIpc) is 3.27. The summed E-state index contributed by atoms with van der Waals surface area (Å²) in [4.78, 5) is 26.6. The van der Waals surface area contributed by atoms with Gasteiger partial charge in [-0.15, -0.1) is 0 Å². The summed E-state index contributed by atoms with van der Waals surface area (Å²) in [6.07, 6.45) is 4.06. The van der Waals surface area contributed by atoms with Gasteiger partial charge in [-0.2, -0.15) is 0 Å². The van der Waals surface area contributed by atoms with Crippen LogP contribution in [0.5, 0.6) is 5.75 Å². The number of carbonyl (C=O) groups is 1. The molecule has 2 aromatic carbocycles. The summed E-state index contributed by atoms with van der Waals surface area (Å²) in [5, 5.41) is 3.86. The largest absolute Gasteiger partial charge is 0.495 e. The molecule has 6 nitrogen and oxygen atoms in total. The van der Waals surface area contributed by atoms with E-state index < -0.39 is 5.63 Å². The van der Waals surface area contributed by atoms with E-state index in [1.807, 2.05) is 48.3 Å². The highest BCUT2D eigenvalue weighted by Crippen LogP contribution is 2.35. The van der Waals surface area contributed by atoms with Crippen LogP contribution in [0.15, 0.2) is 57.7 Å². The quantitative estimate of drug-likeness (QED) is 0.638. The second-order valence-corrected chi connectivity index (χ2v) is 7.36. The van der Waals surface area contributed by atoms with E-state index in [2.05, 4.69) is 5.32 Å². The van der Waals surface area contributed by atoms with Crippen molar-refractivity contribution in [3.05, 3.63) is 59.0 Å². The van der Waals surface area contributed by atoms with Crippen molar-refractivity contribution in [1.82, 2.24) is 0 Å². The first-order chi connectivity index (χ1) is 14.1. The first-order valence-electron chi connectivity index (χ1n) is 9.82. The standard InChI is InChI=1S/C23H24N2O4/c1-25(19-14-22(26)29-20-10-6-5-9-17(19)20)16-11-12-21(28-2)18(13-16)24-23(27)15-7-3-4-8-15/h5-6,9-15H,3-4,7-8H2,1-2H3,(H,24,27). The van der Waals surface area contributed by atoms with Gasteiger partial charge in [0, 0.05) is 30.1 Å².